The third kappa shape index (κ3) is 4.77. The van der Waals surface area contributed by atoms with Crippen LogP contribution in [0.15, 0.2) is 56.5 Å². The van der Waals surface area contributed by atoms with Crippen molar-refractivity contribution in [2.24, 2.45) is 26.3 Å². The molecule has 3 aliphatic heterocycles. The number of piperidine rings is 1. The summed E-state index contributed by atoms with van der Waals surface area (Å²) in [6.07, 6.45) is 3.91. The van der Waals surface area contributed by atoms with Crippen molar-refractivity contribution in [2.45, 2.75) is 36.5 Å². The number of nitrogens with one attached hydrogen (secondary N) is 2. The molecule has 4 N–H and O–H groups in total. The molecule has 3 heterocycles. The van der Waals surface area contributed by atoms with Gasteiger partial charge in [-0.05, 0) is 86.0 Å². The molecule has 1 atom stereocenters. The Balaban J connectivity index is 1.60. The highest BCUT2D eigenvalue weighted by molar-refractivity contribution is 7.89. The van der Waals surface area contributed by atoms with E-state index in [0.29, 0.717) is 29.7 Å². The molecule has 0 spiro atoms. The topological polar surface area (TPSA) is 121 Å². The van der Waals surface area contributed by atoms with Crippen LogP contribution in [0.4, 0.5) is 0 Å². The van der Waals surface area contributed by atoms with Gasteiger partial charge in [0.2, 0.25) is 10.0 Å². The molecule has 0 saturated carbocycles. The Bertz CT molecular complexity index is 1180. The van der Waals surface area contributed by atoms with Crippen LogP contribution in [-0.4, -0.2) is 47.1 Å². The highest BCUT2D eigenvalue weighted by atomic mass is 32.2. The quantitative estimate of drug-likeness (QED) is 0.606. The number of azo groups is 1. The van der Waals surface area contributed by atoms with Crippen molar-refractivity contribution in [3.63, 3.8) is 0 Å². The van der Waals surface area contributed by atoms with Gasteiger partial charge >= 0.3 is 0 Å². The Morgan fingerprint density at radius 1 is 0.970 bits per heavy atom. The number of hydrogen-bond donors (Lipinski definition) is 3. The molecule has 0 aromatic heterocycles. The maximum absolute atomic E-state index is 12.9. The van der Waals surface area contributed by atoms with Crippen LogP contribution in [0, 0.1) is 5.92 Å². The number of nitrogens with zero attached hydrogens (tertiary/aromatic N) is 3. The first-order valence-corrected chi connectivity index (χ1v) is 13.2. The molecular formula is C24H30N6O2S. The van der Waals surface area contributed by atoms with Crippen LogP contribution in [0.3, 0.4) is 0 Å². The van der Waals surface area contributed by atoms with Crippen molar-refractivity contribution in [3.05, 3.63) is 53.1 Å². The maximum atomic E-state index is 12.9. The van der Waals surface area contributed by atoms with Crippen LogP contribution in [0.25, 0.3) is 11.1 Å². The van der Waals surface area contributed by atoms with Crippen molar-refractivity contribution in [3.8, 4) is 11.1 Å². The average Bonchev–Trinajstić information content (AvgIpc) is 3.53. The van der Waals surface area contributed by atoms with E-state index >= 15 is 0 Å². The van der Waals surface area contributed by atoms with Gasteiger partial charge in [-0.25, -0.2) is 18.5 Å². The summed E-state index contributed by atoms with van der Waals surface area (Å²) in [4.78, 5) is 4.51. The van der Waals surface area contributed by atoms with Crippen LogP contribution in [0.2, 0.25) is 0 Å². The van der Waals surface area contributed by atoms with Gasteiger partial charge in [0, 0.05) is 5.56 Å². The molecule has 33 heavy (non-hydrogen) atoms. The molecule has 174 valence electrons. The van der Waals surface area contributed by atoms with E-state index in [1.165, 1.54) is 5.56 Å². The summed E-state index contributed by atoms with van der Waals surface area (Å²) in [6.45, 7) is 4.10. The molecule has 0 amide bonds. The average molecular weight is 467 g/mol. The lowest BCUT2D eigenvalue weighted by Gasteiger charge is -2.23. The van der Waals surface area contributed by atoms with Gasteiger partial charge in [0.15, 0.2) is 12.5 Å². The van der Waals surface area contributed by atoms with Gasteiger partial charge in [-0.15, -0.1) is 5.11 Å². The van der Waals surface area contributed by atoms with Crippen molar-refractivity contribution >= 4 is 15.9 Å². The first kappa shape index (κ1) is 22.3. The van der Waals surface area contributed by atoms with Gasteiger partial charge in [-0.2, -0.15) is 5.11 Å². The van der Waals surface area contributed by atoms with E-state index in [0.717, 1.165) is 62.1 Å². The van der Waals surface area contributed by atoms with Gasteiger partial charge in [-0.3, -0.25) is 0 Å². The Kier molecular flexibility index (Phi) is 6.38. The normalized spacial score (nSPS) is 21.5. The summed E-state index contributed by atoms with van der Waals surface area (Å²) in [7, 11) is -4.01. The van der Waals surface area contributed by atoms with Crippen LogP contribution < -0.4 is 15.8 Å². The van der Waals surface area contributed by atoms with Crippen LogP contribution >= 0.6 is 0 Å². The fraction of sp³-hybridized carbons (Fsp3) is 0.458. The number of sulfonamides is 1. The minimum Gasteiger partial charge on any atom is -0.317 e. The van der Waals surface area contributed by atoms with E-state index in [2.05, 4.69) is 50.1 Å². The fourth-order valence-electron chi connectivity index (χ4n) is 5.22. The van der Waals surface area contributed by atoms with E-state index in [9.17, 15) is 8.42 Å². The lowest BCUT2D eigenvalue weighted by molar-refractivity contribution is 0.460. The van der Waals surface area contributed by atoms with Gasteiger partial charge < -0.3 is 10.6 Å². The van der Waals surface area contributed by atoms with Crippen molar-refractivity contribution < 1.29 is 8.42 Å². The molecule has 3 aliphatic rings. The van der Waals surface area contributed by atoms with Crippen LogP contribution in [0.5, 0.6) is 0 Å². The van der Waals surface area contributed by atoms with Crippen molar-refractivity contribution in [2.75, 3.05) is 32.8 Å². The van der Waals surface area contributed by atoms with E-state index < -0.39 is 10.0 Å². The smallest absolute Gasteiger partial charge is 0.239 e. The lowest BCUT2D eigenvalue weighted by Crippen LogP contribution is -2.26. The number of nitrogens with two attached hydrogens (primary N) is 1. The summed E-state index contributed by atoms with van der Waals surface area (Å²) in [5.74, 6) is 1.26. The molecule has 8 nitrogen and oxygen atoms in total. The zero-order chi connectivity index (χ0) is 22.8. The molecular weight excluding hydrogens is 436 g/mol. The Morgan fingerprint density at radius 2 is 1.73 bits per heavy atom. The predicted molar refractivity (Wildman–Crippen MR) is 129 cm³/mol. The van der Waals surface area contributed by atoms with E-state index in [1.807, 2.05) is 12.1 Å². The third-order valence-corrected chi connectivity index (χ3v) is 7.94. The fourth-order valence-corrected chi connectivity index (χ4v) is 6.22. The number of rotatable bonds is 6. The standard InChI is InChI=1S/C24H30N6O2S/c25-33(31,32)23-20(13-16-7-10-27-14-16)5-6-21(22(23)24-28-15-29-30-24)19-3-1-17(2-4-19)18-8-11-26-12-9-18/h1-6,16,18,26-27H,7-15H2,(H2,25,31,32). The van der Waals surface area contributed by atoms with Crippen molar-refractivity contribution in [1.29, 1.82) is 0 Å². The predicted octanol–water partition coefficient (Wildman–Crippen LogP) is 2.79. The molecule has 2 saturated heterocycles. The Hall–Kier alpha value is -2.46. The summed E-state index contributed by atoms with van der Waals surface area (Å²) in [6, 6.07) is 12.3. The summed E-state index contributed by atoms with van der Waals surface area (Å²) in [5.41, 5.74) is 4.20. The summed E-state index contributed by atoms with van der Waals surface area (Å²) < 4.78 is 25.8. The van der Waals surface area contributed by atoms with Gasteiger partial charge in [-0.1, -0.05) is 36.4 Å². The minimum absolute atomic E-state index is 0.133. The zero-order valence-corrected chi connectivity index (χ0v) is 19.4. The number of hydrogen-bond acceptors (Lipinski definition) is 7. The number of primary sulfonamides is 1. The second-order valence-electron chi connectivity index (χ2n) is 9.10. The van der Waals surface area contributed by atoms with E-state index in [1.54, 1.807) is 0 Å². The highest BCUT2D eigenvalue weighted by Crippen LogP contribution is 2.35. The molecule has 2 aromatic rings. The third-order valence-electron chi connectivity index (χ3n) is 6.90. The van der Waals surface area contributed by atoms with Crippen LogP contribution in [0.1, 0.15) is 41.9 Å². The molecule has 2 fully saturated rings. The monoisotopic (exact) mass is 466 g/mol. The Morgan fingerprint density at radius 3 is 2.36 bits per heavy atom. The number of amidine groups is 1. The molecule has 0 bridgehead atoms. The summed E-state index contributed by atoms with van der Waals surface area (Å²) in [5, 5.41) is 20.7. The molecule has 2 aromatic carbocycles. The number of benzene rings is 2. The van der Waals surface area contributed by atoms with Crippen LogP contribution in [-0.2, 0) is 16.4 Å². The van der Waals surface area contributed by atoms with Crippen molar-refractivity contribution in [1.82, 2.24) is 10.6 Å². The Labute approximate surface area is 194 Å². The first-order valence-electron chi connectivity index (χ1n) is 11.6. The van der Waals surface area contributed by atoms with E-state index in [4.69, 9.17) is 5.14 Å². The minimum atomic E-state index is -4.01. The van der Waals surface area contributed by atoms with Gasteiger partial charge in [0.25, 0.3) is 0 Å². The summed E-state index contributed by atoms with van der Waals surface area (Å²) >= 11 is 0. The molecule has 0 aliphatic carbocycles. The largest absolute Gasteiger partial charge is 0.317 e. The van der Waals surface area contributed by atoms with Gasteiger partial charge in [0.1, 0.15) is 0 Å². The molecule has 1 unspecified atom stereocenters. The molecule has 9 heteroatoms. The highest BCUT2D eigenvalue weighted by Gasteiger charge is 2.29. The maximum Gasteiger partial charge on any atom is 0.239 e. The molecule has 0 radical (unpaired) electrons. The van der Waals surface area contributed by atoms with Gasteiger partial charge in [0.05, 0.1) is 4.90 Å². The first-order chi connectivity index (χ1) is 16.0. The second-order valence-corrected chi connectivity index (χ2v) is 10.6. The lowest BCUT2D eigenvalue weighted by atomic mass is 9.88. The second kappa shape index (κ2) is 9.42. The number of aliphatic imine (C=N–C) groups is 1. The zero-order valence-electron chi connectivity index (χ0n) is 18.6. The SMILES string of the molecule is NS(=O)(=O)c1c(CC2CCNC2)ccc(-c2ccc(C3CCNCC3)cc2)c1C1=NCN=N1. The van der Waals surface area contributed by atoms with E-state index in [-0.39, 0.29) is 11.6 Å². The molecule has 5 rings (SSSR count).